The molecule has 7 heteroatoms. The van der Waals surface area contributed by atoms with Gasteiger partial charge in [0.1, 0.15) is 5.82 Å². The molecule has 1 amide bonds. The summed E-state index contributed by atoms with van der Waals surface area (Å²) >= 11 is 6.24. The molecular weight excluding hydrogens is 381 g/mol. The summed E-state index contributed by atoms with van der Waals surface area (Å²) in [6.07, 6.45) is 2.71. The molecule has 0 atom stereocenters. The number of hydrogen-bond donors (Lipinski definition) is 1. The highest BCUT2D eigenvalue weighted by Gasteiger charge is 2.28. The lowest BCUT2D eigenvalue weighted by atomic mass is 10.0. The number of hydrogen-bond acceptors (Lipinski definition) is 4. The molecule has 144 valence electrons. The van der Waals surface area contributed by atoms with Crippen molar-refractivity contribution in [3.8, 4) is 11.3 Å². The van der Waals surface area contributed by atoms with Crippen LogP contribution in [0.25, 0.3) is 11.3 Å². The predicted octanol–water partition coefficient (Wildman–Crippen LogP) is 4.85. The standard InChI is InChI=1S/C21H19ClFN3O2/c22-16-6-2-1-5-15(16)20-19(24-13-28-20)21(27)26-11-9-14(10-12-26)25-18-8-4-3-7-17(18)23/h1-8,13-14,25H,9-12H2. The summed E-state index contributed by atoms with van der Waals surface area (Å²) in [6, 6.07) is 13.9. The SMILES string of the molecule is O=C(c1ncoc1-c1ccccc1Cl)N1CCC(Nc2ccccc2F)CC1. The first kappa shape index (κ1) is 18.5. The van der Waals surface area contributed by atoms with E-state index in [0.717, 1.165) is 12.8 Å². The van der Waals surface area contributed by atoms with E-state index in [2.05, 4.69) is 10.3 Å². The fourth-order valence-electron chi connectivity index (χ4n) is 3.41. The van der Waals surface area contributed by atoms with Gasteiger partial charge in [-0.2, -0.15) is 0 Å². The second kappa shape index (κ2) is 8.02. The Morgan fingerprint density at radius 3 is 2.61 bits per heavy atom. The number of anilines is 1. The van der Waals surface area contributed by atoms with Crippen LogP contribution >= 0.6 is 11.6 Å². The molecule has 0 bridgehead atoms. The number of benzene rings is 2. The summed E-state index contributed by atoms with van der Waals surface area (Å²) in [6.45, 7) is 1.11. The van der Waals surface area contributed by atoms with Crippen molar-refractivity contribution < 1.29 is 13.6 Å². The topological polar surface area (TPSA) is 58.4 Å². The third-order valence-electron chi connectivity index (χ3n) is 4.90. The normalized spacial score (nSPS) is 14.9. The molecule has 4 rings (SSSR count). The fraction of sp³-hybridized carbons (Fsp3) is 0.238. The van der Waals surface area contributed by atoms with Gasteiger partial charge in [0.05, 0.1) is 10.7 Å². The molecule has 1 aromatic heterocycles. The number of likely N-dealkylation sites (tertiary alicyclic amines) is 1. The number of nitrogens with zero attached hydrogens (tertiary/aromatic N) is 2. The van der Waals surface area contributed by atoms with Gasteiger partial charge in [-0.25, -0.2) is 9.37 Å². The molecule has 1 aliphatic rings. The van der Waals surface area contributed by atoms with Crippen molar-refractivity contribution in [2.75, 3.05) is 18.4 Å². The maximum Gasteiger partial charge on any atom is 0.276 e. The Morgan fingerprint density at radius 1 is 1.14 bits per heavy atom. The van der Waals surface area contributed by atoms with Gasteiger partial charge in [-0.3, -0.25) is 4.79 Å². The molecule has 0 saturated carbocycles. The van der Waals surface area contributed by atoms with Crippen LogP contribution < -0.4 is 5.32 Å². The lowest BCUT2D eigenvalue weighted by Gasteiger charge is -2.32. The van der Waals surface area contributed by atoms with Gasteiger partial charge in [-0.15, -0.1) is 0 Å². The van der Waals surface area contributed by atoms with Gasteiger partial charge in [-0.05, 0) is 37.1 Å². The Kier molecular flexibility index (Phi) is 5.30. The molecule has 5 nitrogen and oxygen atoms in total. The van der Waals surface area contributed by atoms with Crippen LogP contribution in [0, 0.1) is 5.82 Å². The van der Waals surface area contributed by atoms with Crippen LogP contribution in [0.1, 0.15) is 23.3 Å². The molecule has 3 aromatic rings. The largest absolute Gasteiger partial charge is 0.443 e. The van der Waals surface area contributed by atoms with Gasteiger partial charge in [0.25, 0.3) is 5.91 Å². The molecule has 1 N–H and O–H groups in total. The predicted molar refractivity (Wildman–Crippen MR) is 106 cm³/mol. The van der Waals surface area contributed by atoms with Crippen molar-refractivity contribution in [2.45, 2.75) is 18.9 Å². The molecule has 1 aliphatic heterocycles. The summed E-state index contributed by atoms with van der Waals surface area (Å²) in [4.78, 5) is 18.8. The minimum Gasteiger partial charge on any atom is -0.443 e. The fourth-order valence-corrected chi connectivity index (χ4v) is 3.63. The van der Waals surface area contributed by atoms with Gasteiger partial charge in [0.2, 0.25) is 0 Å². The van der Waals surface area contributed by atoms with Crippen molar-refractivity contribution in [3.05, 3.63) is 71.5 Å². The molecule has 0 aliphatic carbocycles. The zero-order valence-corrected chi connectivity index (χ0v) is 15.8. The lowest BCUT2D eigenvalue weighted by molar-refractivity contribution is 0.0713. The second-order valence-corrected chi connectivity index (χ2v) is 7.11. The highest BCUT2D eigenvalue weighted by Crippen LogP contribution is 2.31. The first-order valence-corrected chi connectivity index (χ1v) is 9.50. The van der Waals surface area contributed by atoms with Crippen molar-refractivity contribution in [3.63, 3.8) is 0 Å². The molecule has 28 heavy (non-hydrogen) atoms. The van der Waals surface area contributed by atoms with Crippen LogP contribution in [0.15, 0.2) is 59.3 Å². The first-order valence-electron chi connectivity index (χ1n) is 9.12. The summed E-state index contributed by atoms with van der Waals surface area (Å²) in [5.41, 5.74) is 1.39. The number of carbonyl (C=O) groups is 1. The van der Waals surface area contributed by atoms with E-state index < -0.39 is 0 Å². The van der Waals surface area contributed by atoms with Crippen LogP contribution in [0.5, 0.6) is 0 Å². The number of amides is 1. The Morgan fingerprint density at radius 2 is 1.86 bits per heavy atom. The number of piperidine rings is 1. The summed E-state index contributed by atoms with van der Waals surface area (Å²) in [5, 5.41) is 3.72. The van der Waals surface area contributed by atoms with Crippen molar-refractivity contribution in [1.82, 2.24) is 9.88 Å². The van der Waals surface area contributed by atoms with E-state index >= 15 is 0 Å². The van der Waals surface area contributed by atoms with Crippen molar-refractivity contribution in [2.24, 2.45) is 0 Å². The van der Waals surface area contributed by atoms with Crippen LogP contribution in [0.4, 0.5) is 10.1 Å². The Balaban J connectivity index is 1.44. The zero-order valence-electron chi connectivity index (χ0n) is 15.1. The lowest BCUT2D eigenvalue weighted by Crippen LogP contribution is -2.42. The Hall–Kier alpha value is -2.86. The van der Waals surface area contributed by atoms with E-state index in [-0.39, 0.29) is 23.5 Å². The van der Waals surface area contributed by atoms with E-state index in [1.165, 1.54) is 12.5 Å². The molecule has 2 heterocycles. The summed E-state index contributed by atoms with van der Waals surface area (Å²) < 4.78 is 19.3. The number of oxazole rings is 1. The molecule has 0 unspecified atom stereocenters. The number of para-hydroxylation sites is 1. The van der Waals surface area contributed by atoms with Crippen LogP contribution in [0.3, 0.4) is 0 Å². The number of rotatable bonds is 4. The van der Waals surface area contributed by atoms with Gasteiger partial charge in [-0.1, -0.05) is 35.9 Å². The molecule has 1 fully saturated rings. The molecule has 1 saturated heterocycles. The van der Waals surface area contributed by atoms with Crippen LogP contribution in [-0.2, 0) is 0 Å². The molecule has 2 aromatic carbocycles. The van der Waals surface area contributed by atoms with Crippen molar-refractivity contribution in [1.29, 1.82) is 0 Å². The van der Waals surface area contributed by atoms with E-state index in [1.54, 1.807) is 35.2 Å². The van der Waals surface area contributed by atoms with Crippen molar-refractivity contribution >= 4 is 23.2 Å². The zero-order chi connectivity index (χ0) is 19.5. The van der Waals surface area contributed by atoms with Gasteiger partial charge >= 0.3 is 0 Å². The molecule has 0 spiro atoms. The number of aromatic nitrogens is 1. The van der Waals surface area contributed by atoms with Gasteiger partial charge < -0.3 is 14.6 Å². The molecule has 0 radical (unpaired) electrons. The third-order valence-corrected chi connectivity index (χ3v) is 5.23. The monoisotopic (exact) mass is 399 g/mol. The molecular formula is C21H19ClFN3O2. The smallest absolute Gasteiger partial charge is 0.276 e. The number of nitrogens with one attached hydrogen (secondary N) is 1. The summed E-state index contributed by atoms with van der Waals surface area (Å²) in [5.74, 6) is -0.0804. The quantitative estimate of drug-likeness (QED) is 0.681. The van der Waals surface area contributed by atoms with E-state index in [0.29, 0.717) is 35.1 Å². The van der Waals surface area contributed by atoms with Crippen LogP contribution in [-0.4, -0.2) is 34.9 Å². The highest BCUT2D eigenvalue weighted by molar-refractivity contribution is 6.33. The van der Waals surface area contributed by atoms with Crippen LogP contribution in [0.2, 0.25) is 5.02 Å². The number of halogens is 2. The Labute approximate surface area is 167 Å². The summed E-state index contributed by atoms with van der Waals surface area (Å²) in [7, 11) is 0. The maximum atomic E-state index is 13.8. The van der Waals surface area contributed by atoms with E-state index in [4.69, 9.17) is 16.0 Å². The number of carbonyl (C=O) groups excluding carboxylic acids is 1. The average Bonchev–Trinajstić information content (AvgIpc) is 3.20. The Bertz CT molecular complexity index is 983. The maximum absolute atomic E-state index is 13.8. The minimum atomic E-state index is -0.270. The first-order chi connectivity index (χ1) is 13.6. The third kappa shape index (κ3) is 3.73. The second-order valence-electron chi connectivity index (χ2n) is 6.70. The van der Waals surface area contributed by atoms with E-state index in [9.17, 15) is 9.18 Å². The van der Waals surface area contributed by atoms with Gasteiger partial charge in [0, 0.05) is 24.7 Å². The highest BCUT2D eigenvalue weighted by atomic mass is 35.5. The van der Waals surface area contributed by atoms with E-state index in [1.807, 2.05) is 12.1 Å². The average molecular weight is 400 g/mol. The van der Waals surface area contributed by atoms with Gasteiger partial charge in [0.15, 0.2) is 17.8 Å². The minimum absolute atomic E-state index is 0.112.